The van der Waals surface area contributed by atoms with Gasteiger partial charge in [-0.25, -0.2) is 14.4 Å². The normalized spacial score (nSPS) is 21.0. The summed E-state index contributed by atoms with van der Waals surface area (Å²) in [7, 11) is 0. The molecule has 5 rings (SSSR count). The zero-order valence-electron chi connectivity index (χ0n) is 20.8. The third-order valence-electron chi connectivity index (χ3n) is 6.73. The predicted octanol–water partition coefficient (Wildman–Crippen LogP) is 3.69. The number of hydrogen-bond donors (Lipinski definition) is 1. The van der Waals surface area contributed by atoms with E-state index in [1.807, 2.05) is 38.1 Å². The van der Waals surface area contributed by atoms with E-state index in [-0.39, 0.29) is 24.8 Å². The average Bonchev–Trinajstić information content (AvgIpc) is 3.64. The minimum Gasteiger partial charge on any atom is -0.459 e. The van der Waals surface area contributed by atoms with Crippen LogP contribution in [0.1, 0.15) is 68.8 Å². The van der Waals surface area contributed by atoms with Crippen LogP contribution >= 0.6 is 0 Å². The maximum absolute atomic E-state index is 12.9. The zero-order chi connectivity index (χ0) is 26.1. The fourth-order valence-electron chi connectivity index (χ4n) is 4.38. The van der Waals surface area contributed by atoms with Gasteiger partial charge in [0.15, 0.2) is 0 Å². The van der Waals surface area contributed by atoms with Gasteiger partial charge in [-0.05, 0) is 56.9 Å². The molecule has 2 heterocycles. The van der Waals surface area contributed by atoms with E-state index in [4.69, 9.17) is 19.9 Å². The fourth-order valence-corrected chi connectivity index (χ4v) is 4.38. The lowest BCUT2D eigenvalue weighted by Crippen LogP contribution is -2.32. The highest BCUT2D eigenvalue weighted by molar-refractivity contribution is 5.90. The average molecular weight is 504 g/mol. The molecule has 192 valence electrons. The zero-order valence-corrected chi connectivity index (χ0v) is 20.8. The molecule has 37 heavy (non-hydrogen) atoms. The van der Waals surface area contributed by atoms with E-state index in [1.165, 1.54) is 4.57 Å². The van der Waals surface area contributed by atoms with Crippen LogP contribution < -0.4 is 11.4 Å². The first-order valence-electron chi connectivity index (χ1n) is 12.3. The third-order valence-corrected chi connectivity index (χ3v) is 6.73. The van der Waals surface area contributed by atoms with Gasteiger partial charge in [0, 0.05) is 18.2 Å². The summed E-state index contributed by atoms with van der Waals surface area (Å²) in [6, 6.07) is 14.0. The second-order valence-corrected chi connectivity index (χ2v) is 9.68. The number of anilines is 1. The van der Waals surface area contributed by atoms with Crippen LogP contribution in [0.3, 0.4) is 0 Å². The number of carbonyl (C=O) groups excluding carboxylic acids is 2. The first kappa shape index (κ1) is 24.7. The molecule has 9 nitrogen and oxygen atoms in total. The maximum Gasteiger partial charge on any atom is 0.351 e. The molecule has 0 spiro atoms. The van der Waals surface area contributed by atoms with E-state index in [0.717, 1.165) is 29.5 Å². The van der Waals surface area contributed by atoms with Gasteiger partial charge in [0.25, 0.3) is 0 Å². The molecule has 0 amide bonds. The summed E-state index contributed by atoms with van der Waals surface area (Å²) in [4.78, 5) is 42.1. The quantitative estimate of drug-likeness (QED) is 0.485. The molecule has 9 heteroatoms. The molecule has 1 aromatic heterocycles. The largest absolute Gasteiger partial charge is 0.459 e. The van der Waals surface area contributed by atoms with Crippen LogP contribution in [0.4, 0.5) is 5.82 Å². The molecule has 2 N–H and O–H groups in total. The van der Waals surface area contributed by atoms with Gasteiger partial charge >= 0.3 is 17.6 Å². The van der Waals surface area contributed by atoms with Crippen molar-refractivity contribution >= 4 is 17.8 Å². The lowest BCUT2D eigenvalue weighted by Gasteiger charge is -2.19. The number of rotatable bonds is 7. The van der Waals surface area contributed by atoms with Crippen LogP contribution in [0.5, 0.6) is 0 Å². The minimum atomic E-state index is -0.775. The Morgan fingerprint density at radius 1 is 1.00 bits per heavy atom. The van der Waals surface area contributed by atoms with Gasteiger partial charge in [-0.2, -0.15) is 4.98 Å². The van der Waals surface area contributed by atoms with E-state index < -0.39 is 36.1 Å². The molecule has 1 aliphatic heterocycles. The van der Waals surface area contributed by atoms with E-state index >= 15 is 0 Å². The number of carbonyl (C=O) groups is 2. The highest BCUT2D eigenvalue weighted by Crippen LogP contribution is 2.42. The Balaban J connectivity index is 1.35. The molecular weight excluding hydrogens is 474 g/mol. The van der Waals surface area contributed by atoms with Gasteiger partial charge in [0.1, 0.15) is 30.9 Å². The molecule has 2 aliphatic rings. The van der Waals surface area contributed by atoms with Crippen LogP contribution in [0, 0.1) is 13.8 Å². The Labute approximate surface area is 214 Å². The number of hydrogen-bond acceptors (Lipinski definition) is 8. The second kappa shape index (κ2) is 10.2. The number of nitrogens with zero attached hydrogens (tertiary/aromatic N) is 2. The van der Waals surface area contributed by atoms with Crippen molar-refractivity contribution in [3.05, 3.63) is 93.0 Å². The molecule has 2 fully saturated rings. The molecule has 0 bridgehead atoms. The van der Waals surface area contributed by atoms with Gasteiger partial charge in [-0.3, -0.25) is 4.57 Å². The Kier molecular flexibility index (Phi) is 6.80. The van der Waals surface area contributed by atoms with E-state index in [1.54, 1.807) is 30.5 Å². The number of aromatic nitrogens is 2. The SMILES string of the molecule is Cc1ccc(C(=O)OC[C@H]2O[C@H](n3cc(C4CC4)c(N)nc3=O)C[C@@H]2OC(=O)c2ccc(C)cc2)cc1. The summed E-state index contributed by atoms with van der Waals surface area (Å²) in [6.45, 7) is 3.70. The molecular formula is C28H29N3O6. The fraction of sp³-hybridized carbons (Fsp3) is 0.357. The lowest BCUT2D eigenvalue weighted by atomic mass is 10.1. The maximum atomic E-state index is 12.9. The Bertz CT molecular complexity index is 1360. The number of nitrogen functional groups attached to an aromatic ring is 1. The number of benzene rings is 2. The Hall–Kier alpha value is -3.98. The number of esters is 2. The molecule has 2 aromatic carbocycles. The summed E-state index contributed by atoms with van der Waals surface area (Å²) in [6.07, 6.45) is 1.58. The molecule has 3 aromatic rings. The predicted molar refractivity (Wildman–Crippen MR) is 135 cm³/mol. The Morgan fingerprint density at radius 3 is 2.19 bits per heavy atom. The van der Waals surface area contributed by atoms with Gasteiger partial charge in [-0.15, -0.1) is 0 Å². The van der Waals surface area contributed by atoms with E-state index in [0.29, 0.717) is 11.1 Å². The number of aryl methyl sites for hydroxylation is 2. The molecule has 1 saturated heterocycles. The van der Waals surface area contributed by atoms with Crippen molar-refractivity contribution < 1.29 is 23.8 Å². The summed E-state index contributed by atoms with van der Waals surface area (Å²) in [5, 5.41) is 0. The topological polar surface area (TPSA) is 123 Å². The molecule has 0 radical (unpaired) electrons. The van der Waals surface area contributed by atoms with Gasteiger partial charge in [0.2, 0.25) is 0 Å². The number of nitrogens with two attached hydrogens (primary N) is 1. The van der Waals surface area contributed by atoms with Crippen LogP contribution in [-0.4, -0.2) is 40.3 Å². The second-order valence-electron chi connectivity index (χ2n) is 9.68. The standard InChI is InChI=1S/C28H29N3O6/c1-16-3-7-19(8-4-16)26(32)35-15-23-22(37-27(33)20-9-5-17(2)6-10-20)13-24(36-23)31-14-21(18-11-12-18)25(29)30-28(31)34/h3-10,14,18,22-24H,11-13,15H2,1-2H3,(H2,29,30,34)/t22-,23+,24-/m0/s1. The summed E-state index contributed by atoms with van der Waals surface area (Å²) < 4.78 is 18.8. The van der Waals surface area contributed by atoms with Gasteiger partial charge < -0.3 is 19.9 Å². The molecule has 1 saturated carbocycles. The van der Waals surface area contributed by atoms with Crippen LogP contribution in [-0.2, 0) is 14.2 Å². The van der Waals surface area contributed by atoms with Crippen molar-refractivity contribution in [1.82, 2.24) is 9.55 Å². The highest BCUT2D eigenvalue weighted by Gasteiger charge is 2.41. The van der Waals surface area contributed by atoms with E-state index in [2.05, 4.69) is 4.98 Å². The van der Waals surface area contributed by atoms with E-state index in [9.17, 15) is 14.4 Å². The van der Waals surface area contributed by atoms with Crippen LogP contribution in [0.2, 0.25) is 0 Å². The van der Waals surface area contributed by atoms with Crippen molar-refractivity contribution in [1.29, 1.82) is 0 Å². The van der Waals surface area contributed by atoms with Crippen molar-refractivity contribution in [2.24, 2.45) is 0 Å². The van der Waals surface area contributed by atoms with Crippen LogP contribution in [0.25, 0.3) is 0 Å². The molecule has 3 atom stereocenters. The minimum absolute atomic E-state index is 0.151. The molecule has 0 unspecified atom stereocenters. The smallest absolute Gasteiger partial charge is 0.351 e. The summed E-state index contributed by atoms with van der Waals surface area (Å²) in [5.41, 5.74) is 9.08. The van der Waals surface area contributed by atoms with Crippen molar-refractivity contribution in [3.8, 4) is 0 Å². The third kappa shape index (κ3) is 5.56. The monoisotopic (exact) mass is 503 g/mol. The number of ether oxygens (including phenoxy) is 3. The molecule has 1 aliphatic carbocycles. The van der Waals surface area contributed by atoms with Crippen LogP contribution in [0.15, 0.2) is 59.5 Å². The van der Waals surface area contributed by atoms with Crippen molar-refractivity contribution in [2.75, 3.05) is 12.3 Å². The first-order chi connectivity index (χ1) is 17.8. The van der Waals surface area contributed by atoms with Gasteiger partial charge in [0.05, 0.1) is 11.1 Å². The lowest BCUT2D eigenvalue weighted by molar-refractivity contribution is -0.0582. The van der Waals surface area contributed by atoms with Crippen molar-refractivity contribution in [3.63, 3.8) is 0 Å². The van der Waals surface area contributed by atoms with Crippen molar-refractivity contribution in [2.45, 2.75) is 57.5 Å². The summed E-state index contributed by atoms with van der Waals surface area (Å²) in [5.74, 6) is -0.529. The van der Waals surface area contributed by atoms with Gasteiger partial charge in [-0.1, -0.05) is 35.4 Å². The highest BCUT2D eigenvalue weighted by atomic mass is 16.6. The summed E-state index contributed by atoms with van der Waals surface area (Å²) >= 11 is 0. The first-order valence-corrected chi connectivity index (χ1v) is 12.3. The Morgan fingerprint density at radius 2 is 1.59 bits per heavy atom.